The summed E-state index contributed by atoms with van der Waals surface area (Å²) >= 11 is 3.86. The minimum absolute atomic E-state index is 0.807. The Bertz CT molecular complexity index is 56.6. The molecule has 0 aliphatic rings. The third-order valence-electron chi connectivity index (χ3n) is 0.730. The van der Waals surface area contributed by atoms with Gasteiger partial charge in [-0.2, -0.15) is 12.6 Å². The molecule has 0 heterocycles. The van der Waals surface area contributed by atoms with Crippen molar-refractivity contribution in [2.75, 3.05) is 30.3 Å². The van der Waals surface area contributed by atoms with Gasteiger partial charge in [-0.1, -0.05) is 28.5 Å². The van der Waals surface area contributed by atoms with Crippen LogP contribution in [-0.2, 0) is 0 Å². The molecule has 0 aliphatic heterocycles. The van der Waals surface area contributed by atoms with Crippen LogP contribution in [0.5, 0.6) is 0 Å². The smallest absolute Gasteiger partial charge is 0.0829 e. The molecule has 0 spiro atoms. The van der Waals surface area contributed by atoms with Gasteiger partial charge in [0.25, 0.3) is 0 Å². The third-order valence-corrected chi connectivity index (χ3v) is 3.69. The summed E-state index contributed by atoms with van der Waals surface area (Å²) in [5.74, 6) is 3.25. The van der Waals surface area contributed by atoms with E-state index >= 15 is 0 Å². The first-order chi connectivity index (χ1) is 5.83. The average Bonchev–Trinajstić information content (AvgIpc) is 2.13. The van der Waals surface area contributed by atoms with Crippen LogP contribution in [0.15, 0.2) is 0 Å². The Hall–Kier alpha value is 0.970. The largest absolute Gasteiger partial charge is 0.357 e. The van der Waals surface area contributed by atoms with E-state index in [2.05, 4.69) is 25.3 Å². The molecule has 0 aromatic rings. The number of thiol groups is 1. The van der Waals surface area contributed by atoms with Crippen molar-refractivity contribution < 1.29 is 5.73 Å². The monoisotopic (exact) mass is 229 g/mol. The molecule has 0 fully saturated rings. The Morgan fingerprint density at radius 2 is 1.83 bits per heavy atom. The predicted octanol–water partition coefficient (Wildman–Crippen LogP) is 0.895. The van der Waals surface area contributed by atoms with Crippen LogP contribution in [0, 0.1) is 0 Å². The van der Waals surface area contributed by atoms with Crippen LogP contribution in [-0.4, -0.2) is 30.3 Å². The van der Waals surface area contributed by atoms with Gasteiger partial charge in [-0.15, -0.1) is 0 Å². The van der Waals surface area contributed by atoms with E-state index in [1.807, 2.05) is 21.6 Å². The van der Waals surface area contributed by atoms with Crippen molar-refractivity contribution in [3.63, 3.8) is 0 Å². The number of hydrogen-bond donors (Lipinski definition) is 3. The second kappa shape index (κ2) is 17.9. The highest BCUT2D eigenvalue weighted by Gasteiger charge is 1.83. The molecule has 0 radical (unpaired) electrons. The second-order valence-electron chi connectivity index (χ2n) is 2.01. The van der Waals surface area contributed by atoms with Gasteiger partial charge < -0.3 is 11.5 Å². The summed E-state index contributed by atoms with van der Waals surface area (Å²) in [6.07, 6.45) is 1.27. The van der Waals surface area contributed by atoms with Gasteiger partial charge in [0.2, 0.25) is 0 Å². The number of quaternary nitrogens is 1. The summed E-state index contributed by atoms with van der Waals surface area (Å²) in [5, 5.41) is 0. The van der Waals surface area contributed by atoms with Crippen molar-refractivity contribution in [3.05, 3.63) is 0 Å². The highest BCUT2D eigenvalue weighted by molar-refractivity contribution is 8.76. The van der Waals surface area contributed by atoms with E-state index in [9.17, 15) is 0 Å². The van der Waals surface area contributed by atoms with Gasteiger partial charge in [0.15, 0.2) is 0 Å². The van der Waals surface area contributed by atoms with Crippen molar-refractivity contribution in [2.24, 2.45) is 5.73 Å². The summed E-state index contributed by atoms with van der Waals surface area (Å²) in [4.78, 5) is 0. The van der Waals surface area contributed by atoms with E-state index in [1.54, 1.807) is 0 Å². The van der Waals surface area contributed by atoms with Crippen LogP contribution < -0.4 is 11.5 Å². The Balaban J connectivity index is 0. The van der Waals surface area contributed by atoms with E-state index in [-0.39, 0.29) is 0 Å². The van der Waals surface area contributed by atoms with Crippen LogP contribution in [0.4, 0.5) is 0 Å². The lowest BCUT2D eigenvalue weighted by Crippen LogP contribution is -2.51. The summed E-state index contributed by atoms with van der Waals surface area (Å²) in [5.41, 5.74) is 8.80. The lowest BCUT2D eigenvalue weighted by atomic mass is 10.6. The van der Waals surface area contributed by atoms with E-state index in [4.69, 9.17) is 5.73 Å². The van der Waals surface area contributed by atoms with Gasteiger partial charge in [-0.25, -0.2) is 0 Å². The normalized spacial score (nSPS) is 9.00. The van der Waals surface area contributed by atoms with Gasteiger partial charge in [-0.05, 0) is 6.42 Å². The third kappa shape index (κ3) is 22.4. The zero-order chi connectivity index (χ0) is 9.66. The predicted molar refractivity (Wildman–Crippen MR) is 65.9 cm³/mol. The van der Waals surface area contributed by atoms with Gasteiger partial charge in [-0.3, -0.25) is 0 Å². The Kier molecular flexibility index (Phi) is 23.0. The first kappa shape index (κ1) is 15.4. The van der Waals surface area contributed by atoms with Crippen molar-refractivity contribution in [2.45, 2.75) is 13.3 Å². The van der Waals surface area contributed by atoms with Crippen molar-refractivity contribution in [3.8, 4) is 0 Å². The summed E-state index contributed by atoms with van der Waals surface area (Å²) < 4.78 is 0. The average molecular weight is 229 g/mol. The van der Waals surface area contributed by atoms with Crippen molar-refractivity contribution in [1.29, 1.82) is 0 Å². The van der Waals surface area contributed by atoms with Crippen LogP contribution in [0.25, 0.3) is 0 Å². The Labute approximate surface area is 89.4 Å². The molecule has 0 amide bonds. The first-order valence-electron chi connectivity index (χ1n) is 4.18. The fourth-order valence-electron chi connectivity index (χ4n) is 0.249. The quantitative estimate of drug-likeness (QED) is 0.360. The molecular weight excluding hydrogens is 208 g/mol. The molecule has 0 atom stereocenters. The molecule has 0 saturated heterocycles. The second-order valence-corrected chi connectivity index (χ2v) is 5.16. The number of rotatable bonds is 6. The minimum Gasteiger partial charge on any atom is -0.357 e. The van der Waals surface area contributed by atoms with Crippen molar-refractivity contribution >= 4 is 34.2 Å². The Morgan fingerprint density at radius 3 is 2.17 bits per heavy atom. The molecule has 76 valence electrons. The lowest BCUT2D eigenvalue weighted by molar-refractivity contribution is -0.360. The summed E-state index contributed by atoms with van der Waals surface area (Å²) in [6.45, 7) is 3.93. The molecule has 0 aliphatic carbocycles. The van der Waals surface area contributed by atoms with E-state index in [0.717, 1.165) is 24.6 Å². The van der Waals surface area contributed by atoms with Gasteiger partial charge >= 0.3 is 0 Å². The van der Waals surface area contributed by atoms with Crippen LogP contribution in [0.2, 0.25) is 0 Å². The molecule has 0 unspecified atom stereocenters. The van der Waals surface area contributed by atoms with Gasteiger partial charge in [0, 0.05) is 23.8 Å². The molecule has 2 nitrogen and oxygen atoms in total. The molecule has 0 aromatic heterocycles. The molecule has 0 rings (SSSR count). The van der Waals surface area contributed by atoms with E-state index < -0.39 is 0 Å². The zero-order valence-electron chi connectivity index (χ0n) is 7.79. The minimum atomic E-state index is 0.807. The highest BCUT2D eigenvalue weighted by atomic mass is 33.1. The number of nitrogens with two attached hydrogens (primary N) is 1. The number of hydrogen-bond acceptors (Lipinski definition) is 4. The molecule has 0 bridgehead atoms. The summed E-state index contributed by atoms with van der Waals surface area (Å²) in [6, 6.07) is 0. The SMILES string of the molecule is CCCSSCCN.[NH3+]CCS. The van der Waals surface area contributed by atoms with Gasteiger partial charge in [0.05, 0.1) is 6.54 Å². The first-order valence-corrected chi connectivity index (χ1v) is 7.30. The maximum Gasteiger partial charge on any atom is 0.0829 e. The topological polar surface area (TPSA) is 53.7 Å². The molecule has 5 heteroatoms. The fourth-order valence-corrected chi connectivity index (χ4v) is 2.24. The van der Waals surface area contributed by atoms with Crippen LogP contribution in [0.1, 0.15) is 13.3 Å². The zero-order valence-corrected chi connectivity index (χ0v) is 10.3. The standard InChI is InChI=1S/C5H13NS2.C2H7NS/c1-2-4-7-8-5-3-6;3-1-2-4/h2-6H2,1H3;4H,1-3H2/p+1. The Morgan fingerprint density at radius 1 is 1.33 bits per heavy atom. The van der Waals surface area contributed by atoms with E-state index in [0.29, 0.717) is 0 Å². The van der Waals surface area contributed by atoms with Crippen LogP contribution >= 0.6 is 34.2 Å². The molecular formula is C7H21N2S3+. The molecule has 0 aromatic carbocycles. The highest BCUT2D eigenvalue weighted by Crippen LogP contribution is 2.20. The maximum absolute atomic E-state index is 5.28. The fraction of sp³-hybridized carbons (Fsp3) is 1.00. The van der Waals surface area contributed by atoms with Gasteiger partial charge in [0.1, 0.15) is 0 Å². The summed E-state index contributed by atoms with van der Waals surface area (Å²) in [7, 11) is 3.78. The molecule has 5 N–H and O–H groups in total. The van der Waals surface area contributed by atoms with Crippen molar-refractivity contribution in [1.82, 2.24) is 0 Å². The molecule has 12 heavy (non-hydrogen) atoms. The lowest BCUT2D eigenvalue weighted by Gasteiger charge is -1.93. The van der Waals surface area contributed by atoms with E-state index in [1.165, 1.54) is 12.2 Å². The molecule has 0 saturated carbocycles. The van der Waals surface area contributed by atoms with Crippen LogP contribution in [0.3, 0.4) is 0 Å². The maximum atomic E-state index is 5.28.